The normalized spacial score (nSPS) is 10.2. The number of rotatable bonds is 5. The molecule has 0 aliphatic carbocycles. The van der Waals surface area contributed by atoms with Crippen LogP contribution in [0.3, 0.4) is 0 Å². The number of nitrogens with zero attached hydrogens (tertiary/aromatic N) is 3. The molecule has 21 heavy (non-hydrogen) atoms. The van der Waals surface area contributed by atoms with Gasteiger partial charge in [-0.25, -0.2) is 9.97 Å². The molecule has 0 atom stereocenters. The van der Waals surface area contributed by atoms with Gasteiger partial charge in [0.05, 0.1) is 10.5 Å². The van der Waals surface area contributed by atoms with Crippen LogP contribution >= 0.6 is 0 Å². The minimum Gasteiger partial charge on any atom is -0.431 e. The third-order valence-electron chi connectivity index (χ3n) is 2.90. The predicted octanol–water partition coefficient (Wildman–Crippen LogP) is 3.23. The summed E-state index contributed by atoms with van der Waals surface area (Å²) in [6.07, 6.45) is 1.36. The number of ether oxygens (including phenoxy) is 1. The summed E-state index contributed by atoms with van der Waals surface area (Å²) in [5, 5.41) is 14.1. The first-order valence-electron chi connectivity index (χ1n) is 6.51. The van der Waals surface area contributed by atoms with E-state index in [1.54, 1.807) is 19.1 Å². The zero-order valence-corrected chi connectivity index (χ0v) is 12.1. The number of anilines is 1. The summed E-state index contributed by atoms with van der Waals surface area (Å²) in [6.45, 7) is 6.30. The maximum atomic E-state index is 11.1. The molecule has 0 radical (unpaired) electrons. The Labute approximate surface area is 122 Å². The molecular weight excluding hydrogens is 272 g/mol. The lowest BCUT2D eigenvalue weighted by atomic mass is 10.2. The Morgan fingerprint density at radius 1 is 1.33 bits per heavy atom. The first kappa shape index (κ1) is 14.7. The molecule has 7 nitrogen and oxygen atoms in total. The third kappa shape index (κ3) is 3.25. The number of nitro groups is 1. The van der Waals surface area contributed by atoms with Crippen molar-refractivity contribution in [2.24, 2.45) is 0 Å². The van der Waals surface area contributed by atoms with Crippen molar-refractivity contribution in [3.05, 3.63) is 45.8 Å². The summed E-state index contributed by atoms with van der Waals surface area (Å²) >= 11 is 0. The second kappa shape index (κ2) is 6.17. The van der Waals surface area contributed by atoms with Crippen molar-refractivity contribution in [3.63, 3.8) is 0 Å². The van der Waals surface area contributed by atoms with Gasteiger partial charge in [-0.15, -0.1) is 0 Å². The van der Waals surface area contributed by atoms with Gasteiger partial charge < -0.3 is 10.1 Å². The molecule has 1 N–H and O–H groups in total. The van der Waals surface area contributed by atoms with Gasteiger partial charge in [0, 0.05) is 12.6 Å². The van der Waals surface area contributed by atoms with Crippen molar-refractivity contribution in [2.75, 3.05) is 11.9 Å². The topological polar surface area (TPSA) is 90.2 Å². The summed E-state index contributed by atoms with van der Waals surface area (Å²) in [5.41, 5.74) is 1.48. The van der Waals surface area contributed by atoms with Crippen LogP contribution in [0.1, 0.15) is 18.1 Å². The van der Waals surface area contributed by atoms with Crippen LogP contribution in [0.4, 0.5) is 11.5 Å². The molecule has 2 rings (SSSR count). The van der Waals surface area contributed by atoms with Gasteiger partial charge in [-0.1, -0.05) is 6.07 Å². The molecule has 2 aromatic rings. The summed E-state index contributed by atoms with van der Waals surface area (Å²) < 4.78 is 5.64. The maximum absolute atomic E-state index is 11.1. The molecule has 0 aliphatic rings. The molecule has 0 fully saturated rings. The Hall–Kier alpha value is -2.70. The van der Waals surface area contributed by atoms with Crippen LogP contribution in [0.5, 0.6) is 11.6 Å². The maximum Gasteiger partial charge on any atom is 0.311 e. The molecule has 0 saturated carbocycles. The largest absolute Gasteiger partial charge is 0.431 e. The van der Waals surface area contributed by atoms with E-state index < -0.39 is 4.92 Å². The fourth-order valence-electron chi connectivity index (χ4n) is 1.84. The summed E-state index contributed by atoms with van der Waals surface area (Å²) in [7, 11) is 0. The average Bonchev–Trinajstić information content (AvgIpc) is 2.43. The van der Waals surface area contributed by atoms with Crippen LogP contribution in [0, 0.1) is 24.0 Å². The van der Waals surface area contributed by atoms with E-state index in [0.717, 1.165) is 5.56 Å². The number of hydrogen-bond acceptors (Lipinski definition) is 6. The first-order chi connectivity index (χ1) is 10.0. The molecule has 0 spiro atoms. The second-order valence-corrected chi connectivity index (χ2v) is 4.51. The molecule has 110 valence electrons. The number of hydrogen-bond donors (Lipinski definition) is 1. The zero-order valence-electron chi connectivity index (χ0n) is 12.1. The van der Waals surface area contributed by atoms with E-state index in [0.29, 0.717) is 23.8 Å². The highest BCUT2D eigenvalue weighted by atomic mass is 16.6. The predicted molar refractivity (Wildman–Crippen MR) is 78.8 cm³/mol. The van der Waals surface area contributed by atoms with Crippen molar-refractivity contribution in [2.45, 2.75) is 20.8 Å². The molecule has 0 aliphatic heterocycles. The smallest absolute Gasteiger partial charge is 0.311 e. The average molecular weight is 288 g/mol. The third-order valence-corrected chi connectivity index (χ3v) is 2.90. The van der Waals surface area contributed by atoms with Crippen molar-refractivity contribution in [1.29, 1.82) is 0 Å². The monoisotopic (exact) mass is 288 g/mol. The van der Waals surface area contributed by atoms with E-state index in [1.165, 1.54) is 12.4 Å². The zero-order chi connectivity index (χ0) is 15.4. The minimum atomic E-state index is -0.476. The Balaban J connectivity index is 2.41. The molecule has 0 amide bonds. The van der Waals surface area contributed by atoms with E-state index >= 15 is 0 Å². The molecular formula is C14H16N4O3. The molecule has 1 aromatic carbocycles. The standard InChI is InChI=1S/C14H16N4O3/c1-4-15-13-10(3)14(17-8-16-13)21-12-7-9(2)5-6-11(12)18(19)20/h5-8H,4H2,1-3H3,(H,15,16,17). The molecule has 0 bridgehead atoms. The summed E-state index contributed by atoms with van der Waals surface area (Å²) in [4.78, 5) is 18.7. The minimum absolute atomic E-state index is 0.0939. The number of aromatic nitrogens is 2. The van der Waals surface area contributed by atoms with Crippen LogP contribution < -0.4 is 10.1 Å². The molecule has 0 saturated heterocycles. The van der Waals surface area contributed by atoms with Crippen LogP contribution in [0.2, 0.25) is 0 Å². The van der Waals surface area contributed by atoms with E-state index in [9.17, 15) is 10.1 Å². The van der Waals surface area contributed by atoms with Gasteiger partial charge in [0.2, 0.25) is 11.6 Å². The Morgan fingerprint density at radius 3 is 2.76 bits per heavy atom. The SMILES string of the molecule is CCNc1ncnc(Oc2cc(C)ccc2[N+](=O)[O-])c1C. The van der Waals surface area contributed by atoms with Gasteiger partial charge in [-0.2, -0.15) is 0 Å². The Bertz CT molecular complexity index is 673. The lowest BCUT2D eigenvalue weighted by molar-refractivity contribution is -0.385. The quantitative estimate of drug-likeness (QED) is 0.671. The number of aryl methyl sites for hydroxylation is 1. The van der Waals surface area contributed by atoms with Gasteiger partial charge >= 0.3 is 5.69 Å². The van der Waals surface area contributed by atoms with Gasteiger partial charge in [0.15, 0.2) is 0 Å². The highest BCUT2D eigenvalue weighted by Crippen LogP contribution is 2.33. The van der Waals surface area contributed by atoms with Crippen LogP contribution in [0.25, 0.3) is 0 Å². The first-order valence-corrected chi connectivity index (χ1v) is 6.51. The van der Waals surface area contributed by atoms with Crippen LogP contribution in [-0.4, -0.2) is 21.4 Å². The van der Waals surface area contributed by atoms with Crippen LogP contribution in [0.15, 0.2) is 24.5 Å². The molecule has 1 aromatic heterocycles. The molecule has 7 heteroatoms. The Kier molecular flexibility index (Phi) is 4.32. The van der Waals surface area contributed by atoms with Crippen molar-refractivity contribution in [1.82, 2.24) is 9.97 Å². The van der Waals surface area contributed by atoms with Gasteiger partial charge in [0.1, 0.15) is 12.1 Å². The second-order valence-electron chi connectivity index (χ2n) is 4.51. The van der Waals surface area contributed by atoms with Crippen molar-refractivity contribution in [3.8, 4) is 11.6 Å². The van der Waals surface area contributed by atoms with Crippen molar-refractivity contribution >= 4 is 11.5 Å². The fourth-order valence-corrected chi connectivity index (χ4v) is 1.84. The number of benzene rings is 1. The highest BCUT2D eigenvalue weighted by Gasteiger charge is 2.18. The lowest BCUT2D eigenvalue weighted by Crippen LogP contribution is -2.04. The van der Waals surface area contributed by atoms with E-state index in [1.807, 2.05) is 13.8 Å². The van der Waals surface area contributed by atoms with Crippen LogP contribution in [-0.2, 0) is 0 Å². The van der Waals surface area contributed by atoms with Crippen molar-refractivity contribution < 1.29 is 9.66 Å². The summed E-state index contributed by atoms with van der Waals surface area (Å²) in [6, 6.07) is 4.71. The van der Waals surface area contributed by atoms with Gasteiger partial charge in [0.25, 0.3) is 0 Å². The van der Waals surface area contributed by atoms with Gasteiger partial charge in [-0.05, 0) is 32.4 Å². The highest BCUT2D eigenvalue weighted by molar-refractivity contribution is 5.53. The van der Waals surface area contributed by atoms with Gasteiger partial charge in [-0.3, -0.25) is 10.1 Å². The van der Waals surface area contributed by atoms with E-state index in [2.05, 4.69) is 15.3 Å². The lowest BCUT2D eigenvalue weighted by Gasteiger charge is -2.11. The summed E-state index contributed by atoms with van der Waals surface area (Å²) in [5.74, 6) is 1.12. The van der Waals surface area contributed by atoms with E-state index in [-0.39, 0.29) is 11.4 Å². The Morgan fingerprint density at radius 2 is 2.10 bits per heavy atom. The molecule has 1 heterocycles. The number of nitro benzene ring substituents is 1. The molecule has 0 unspecified atom stereocenters. The van der Waals surface area contributed by atoms with E-state index in [4.69, 9.17) is 4.74 Å². The fraction of sp³-hybridized carbons (Fsp3) is 0.286. The number of nitrogens with one attached hydrogen (secondary N) is 1.